The highest BCUT2D eigenvalue weighted by molar-refractivity contribution is 5.88. The van der Waals surface area contributed by atoms with Gasteiger partial charge in [0.2, 0.25) is 0 Å². The number of carbonyl (C=O) groups is 1. The normalized spacial score (nSPS) is 8.42. The SMILES string of the molecule is CCOC(=O)c1cccnc1.O. The molecule has 0 amide bonds. The van der Waals surface area contributed by atoms with E-state index in [4.69, 9.17) is 4.74 Å². The summed E-state index contributed by atoms with van der Waals surface area (Å²) in [6, 6.07) is 3.37. The number of hydrogen-bond donors (Lipinski definition) is 0. The van der Waals surface area contributed by atoms with Gasteiger partial charge in [-0.25, -0.2) is 4.79 Å². The summed E-state index contributed by atoms with van der Waals surface area (Å²) in [4.78, 5) is 14.8. The molecule has 0 fully saturated rings. The topological polar surface area (TPSA) is 70.7 Å². The van der Waals surface area contributed by atoms with Gasteiger partial charge in [-0.2, -0.15) is 0 Å². The monoisotopic (exact) mass is 169 g/mol. The maximum Gasteiger partial charge on any atom is 0.339 e. The number of ether oxygens (including phenoxy) is 1. The van der Waals surface area contributed by atoms with Gasteiger partial charge >= 0.3 is 5.97 Å². The minimum Gasteiger partial charge on any atom is -0.462 e. The summed E-state index contributed by atoms with van der Waals surface area (Å²) in [7, 11) is 0. The summed E-state index contributed by atoms with van der Waals surface area (Å²) in [6.45, 7) is 2.17. The number of pyridine rings is 1. The first-order chi connectivity index (χ1) is 5.34. The fourth-order valence-electron chi connectivity index (χ4n) is 0.698. The number of hydrogen-bond acceptors (Lipinski definition) is 3. The molecule has 4 heteroatoms. The highest BCUT2D eigenvalue weighted by Gasteiger charge is 2.03. The molecule has 66 valence electrons. The van der Waals surface area contributed by atoms with Crippen LogP contribution in [0.25, 0.3) is 0 Å². The van der Waals surface area contributed by atoms with E-state index in [1.165, 1.54) is 6.20 Å². The fourth-order valence-corrected chi connectivity index (χ4v) is 0.698. The Hall–Kier alpha value is -1.42. The van der Waals surface area contributed by atoms with Gasteiger partial charge in [-0.15, -0.1) is 0 Å². The Bertz CT molecular complexity index is 235. The van der Waals surface area contributed by atoms with Crippen LogP contribution in [0.1, 0.15) is 17.3 Å². The van der Waals surface area contributed by atoms with Crippen molar-refractivity contribution in [3.05, 3.63) is 30.1 Å². The van der Waals surface area contributed by atoms with Crippen LogP contribution in [0.15, 0.2) is 24.5 Å². The molecule has 0 radical (unpaired) electrons. The molecule has 0 bridgehead atoms. The number of esters is 1. The van der Waals surface area contributed by atoms with Gasteiger partial charge < -0.3 is 10.2 Å². The van der Waals surface area contributed by atoms with E-state index in [0.717, 1.165) is 0 Å². The average molecular weight is 169 g/mol. The Morgan fingerprint density at radius 3 is 2.92 bits per heavy atom. The zero-order valence-electron chi connectivity index (χ0n) is 6.78. The highest BCUT2D eigenvalue weighted by atomic mass is 16.5. The van der Waals surface area contributed by atoms with Crippen molar-refractivity contribution in [2.75, 3.05) is 6.61 Å². The van der Waals surface area contributed by atoms with Crippen LogP contribution in [0, 0.1) is 0 Å². The van der Waals surface area contributed by atoms with Crippen molar-refractivity contribution in [3.63, 3.8) is 0 Å². The summed E-state index contributed by atoms with van der Waals surface area (Å²) in [5.41, 5.74) is 0.495. The number of nitrogens with zero attached hydrogens (tertiary/aromatic N) is 1. The molecule has 0 spiro atoms. The standard InChI is InChI=1S/C8H9NO2.H2O/c1-2-11-8(10)7-4-3-5-9-6-7;/h3-6H,2H2,1H3;1H2. The lowest BCUT2D eigenvalue weighted by molar-refractivity contribution is 0.0526. The van der Waals surface area contributed by atoms with Crippen LogP contribution in [-0.2, 0) is 4.74 Å². The molecule has 4 nitrogen and oxygen atoms in total. The van der Waals surface area contributed by atoms with Crippen LogP contribution in [0.5, 0.6) is 0 Å². The third-order valence-electron chi connectivity index (χ3n) is 1.17. The molecule has 0 aliphatic heterocycles. The molecule has 0 aliphatic carbocycles. The lowest BCUT2D eigenvalue weighted by Crippen LogP contribution is -2.04. The van der Waals surface area contributed by atoms with E-state index in [0.29, 0.717) is 12.2 Å². The maximum absolute atomic E-state index is 11.0. The molecule has 0 saturated heterocycles. The Kier molecular flexibility index (Phi) is 4.64. The van der Waals surface area contributed by atoms with Gasteiger partial charge in [-0.3, -0.25) is 4.98 Å². The lowest BCUT2D eigenvalue weighted by atomic mass is 10.3. The number of rotatable bonds is 2. The zero-order chi connectivity index (χ0) is 8.10. The first kappa shape index (κ1) is 10.6. The van der Waals surface area contributed by atoms with Crippen molar-refractivity contribution in [2.45, 2.75) is 6.92 Å². The first-order valence-electron chi connectivity index (χ1n) is 3.41. The molecule has 2 N–H and O–H groups in total. The summed E-state index contributed by atoms with van der Waals surface area (Å²) >= 11 is 0. The van der Waals surface area contributed by atoms with Gasteiger partial charge in [0, 0.05) is 12.4 Å². The molecule has 1 aromatic heterocycles. The van der Waals surface area contributed by atoms with E-state index in [2.05, 4.69) is 4.98 Å². The minimum absolute atomic E-state index is 0. The van der Waals surface area contributed by atoms with E-state index in [9.17, 15) is 4.79 Å². The van der Waals surface area contributed by atoms with E-state index < -0.39 is 0 Å². The molecular formula is C8H11NO3. The first-order valence-corrected chi connectivity index (χ1v) is 3.41. The molecule has 0 unspecified atom stereocenters. The van der Waals surface area contributed by atoms with Crippen molar-refractivity contribution in [2.24, 2.45) is 0 Å². The fraction of sp³-hybridized carbons (Fsp3) is 0.250. The summed E-state index contributed by atoms with van der Waals surface area (Å²) in [6.07, 6.45) is 3.10. The van der Waals surface area contributed by atoms with E-state index >= 15 is 0 Å². The predicted molar refractivity (Wildman–Crippen MR) is 43.8 cm³/mol. The lowest BCUT2D eigenvalue weighted by Gasteiger charge is -1.98. The minimum atomic E-state index is -0.319. The van der Waals surface area contributed by atoms with Crippen LogP contribution in [-0.4, -0.2) is 23.0 Å². The molecule has 0 atom stereocenters. The van der Waals surface area contributed by atoms with Crippen LogP contribution < -0.4 is 0 Å². The second-order valence-electron chi connectivity index (χ2n) is 1.96. The van der Waals surface area contributed by atoms with Crippen LogP contribution in [0.4, 0.5) is 0 Å². The second kappa shape index (κ2) is 5.26. The third-order valence-corrected chi connectivity index (χ3v) is 1.17. The zero-order valence-corrected chi connectivity index (χ0v) is 6.78. The van der Waals surface area contributed by atoms with Gasteiger partial charge in [0.15, 0.2) is 0 Å². The second-order valence-corrected chi connectivity index (χ2v) is 1.96. The van der Waals surface area contributed by atoms with Crippen molar-refractivity contribution in [1.29, 1.82) is 0 Å². The largest absolute Gasteiger partial charge is 0.462 e. The molecule has 0 aliphatic rings. The van der Waals surface area contributed by atoms with Gasteiger partial charge in [0.25, 0.3) is 0 Å². The average Bonchev–Trinajstić information content (AvgIpc) is 2.07. The highest BCUT2D eigenvalue weighted by Crippen LogP contribution is 1.97. The number of carbonyl (C=O) groups excluding carboxylic acids is 1. The third kappa shape index (κ3) is 2.67. The van der Waals surface area contributed by atoms with E-state index in [1.807, 2.05) is 0 Å². The summed E-state index contributed by atoms with van der Waals surface area (Å²) in [5, 5.41) is 0. The Morgan fingerprint density at radius 1 is 1.67 bits per heavy atom. The molecule has 1 rings (SSSR count). The van der Waals surface area contributed by atoms with Crippen LogP contribution in [0.3, 0.4) is 0 Å². The van der Waals surface area contributed by atoms with Crippen molar-refractivity contribution in [3.8, 4) is 0 Å². The van der Waals surface area contributed by atoms with Crippen molar-refractivity contribution < 1.29 is 15.0 Å². The van der Waals surface area contributed by atoms with Crippen molar-refractivity contribution >= 4 is 5.97 Å². The number of aromatic nitrogens is 1. The Balaban J connectivity index is 0.00000121. The Labute approximate surface area is 70.5 Å². The molecule has 1 heterocycles. The van der Waals surface area contributed by atoms with E-state index in [1.54, 1.807) is 25.3 Å². The quantitative estimate of drug-likeness (QED) is 0.603. The molecule has 0 saturated carbocycles. The molecule has 0 aromatic carbocycles. The molecular weight excluding hydrogens is 158 g/mol. The van der Waals surface area contributed by atoms with Gasteiger partial charge in [0.1, 0.15) is 0 Å². The Morgan fingerprint density at radius 2 is 2.42 bits per heavy atom. The summed E-state index contributed by atoms with van der Waals surface area (Å²) < 4.78 is 4.75. The van der Waals surface area contributed by atoms with Gasteiger partial charge in [-0.1, -0.05) is 0 Å². The maximum atomic E-state index is 11.0. The molecule has 12 heavy (non-hydrogen) atoms. The van der Waals surface area contributed by atoms with E-state index in [-0.39, 0.29) is 11.4 Å². The van der Waals surface area contributed by atoms with Crippen LogP contribution in [0.2, 0.25) is 0 Å². The van der Waals surface area contributed by atoms with Crippen molar-refractivity contribution in [1.82, 2.24) is 4.98 Å². The molecule has 1 aromatic rings. The van der Waals surface area contributed by atoms with Crippen LogP contribution >= 0.6 is 0 Å². The van der Waals surface area contributed by atoms with Gasteiger partial charge in [0.05, 0.1) is 12.2 Å². The predicted octanol–water partition coefficient (Wildman–Crippen LogP) is 0.434. The smallest absolute Gasteiger partial charge is 0.339 e. The summed E-state index contributed by atoms with van der Waals surface area (Å²) in [5.74, 6) is -0.319. The van der Waals surface area contributed by atoms with Gasteiger partial charge in [-0.05, 0) is 19.1 Å².